The summed E-state index contributed by atoms with van der Waals surface area (Å²) in [6.45, 7) is 3.56. The van der Waals surface area contributed by atoms with Crippen LogP contribution in [0.1, 0.15) is 29.3 Å². The second kappa shape index (κ2) is 7.31. The molecule has 0 saturated carbocycles. The predicted molar refractivity (Wildman–Crippen MR) is 111 cm³/mol. The van der Waals surface area contributed by atoms with Crippen molar-refractivity contribution in [1.82, 2.24) is 14.5 Å². The minimum absolute atomic E-state index is 0.0606. The lowest BCUT2D eigenvalue weighted by Crippen LogP contribution is -2.47. The van der Waals surface area contributed by atoms with Crippen molar-refractivity contribution >= 4 is 0 Å². The van der Waals surface area contributed by atoms with Crippen LogP contribution in [0.15, 0.2) is 65.6 Å². The van der Waals surface area contributed by atoms with Gasteiger partial charge in [0.2, 0.25) is 0 Å². The monoisotopic (exact) mass is 382 g/mol. The Morgan fingerprint density at radius 3 is 2.83 bits per heavy atom. The largest absolute Gasteiger partial charge is 0.311 e. The van der Waals surface area contributed by atoms with Crippen molar-refractivity contribution in [2.45, 2.75) is 25.4 Å². The average Bonchev–Trinajstić information content (AvgIpc) is 2.75. The van der Waals surface area contributed by atoms with Gasteiger partial charge in [-0.05, 0) is 54.3 Å². The molecule has 0 radical (unpaired) electrons. The maximum absolute atomic E-state index is 13.3. The second-order valence-electron chi connectivity index (χ2n) is 8.09. The van der Waals surface area contributed by atoms with E-state index < -0.39 is 0 Å². The van der Waals surface area contributed by atoms with Crippen molar-refractivity contribution in [3.8, 4) is 17.2 Å². The highest BCUT2D eigenvalue weighted by molar-refractivity contribution is 5.64. The van der Waals surface area contributed by atoms with Gasteiger partial charge in [-0.15, -0.1) is 0 Å². The Kier molecular flexibility index (Phi) is 4.49. The van der Waals surface area contributed by atoms with E-state index in [1.165, 1.54) is 0 Å². The first-order chi connectivity index (χ1) is 14.2. The molecule has 0 N–H and O–H groups in total. The van der Waals surface area contributed by atoms with Gasteiger partial charge in [0.1, 0.15) is 0 Å². The fourth-order valence-electron chi connectivity index (χ4n) is 4.87. The maximum Gasteiger partial charge on any atom is 0.258 e. The van der Waals surface area contributed by atoms with Crippen LogP contribution in [0, 0.1) is 17.2 Å². The average molecular weight is 382 g/mol. The zero-order valence-corrected chi connectivity index (χ0v) is 16.2. The quantitative estimate of drug-likeness (QED) is 0.697. The van der Waals surface area contributed by atoms with Crippen molar-refractivity contribution in [2.24, 2.45) is 5.92 Å². The van der Waals surface area contributed by atoms with Crippen molar-refractivity contribution < 1.29 is 0 Å². The Morgan fingerprint density at radius 1 is 1.07 bits per heavy atom. The lowest BCUT2D eigenvalue weighted by atomic mass is 9.82. The molecular formula is C24H22N4O. The molecule has 2 aromatic heterocycles. The van der Waals surface area contributed by atoms with E-state index in [1.54, 1.807) is 12.1 Å². The summed E-state index contributed by atoms with van der Waals surface area (Å²) in [5.41, 5.74) is 4.36. The van der Waals surface area contributed by atoms with Gasteiger partial charge >= 0.3 is 0 Å². The number of hydrogen-bond acceptors (Lipinski definition) is 4. The Bertz CT molecular complexity index is 1150. The maximum atomic E-state index is 13.3. The number of nitrogens with zero attached hydrogens (tertiary/aromatic N) is 4. The van der Waals surface area contributed by atoms with E-state index in [2.05, 4.69) is 28.1 Å². The summed E-state index contributed by atoms with van der Waals surface area (Å²) in [6, 6.07) is 19.6. The van der Waals surface area contributed by atoms with Crippen molar-refractivity contribution in [1.29, 1.82) is 5.26 Å². The standard InChI is InChI=1S/C24H22N4O/c25-12-17-4-3-5-19(10-17)22-7-8-23-20-11-18(14-28(23)24(22)29)13-27(15-20)16-21-6-1-2-9-26-21/h1-10,18,20H,11,13-16H2. The zero-order chi connectivity index (χ0) is 19.8. The number of piperidine rings is 1. The van der Waals surface area contributed by atoms with Gasteiger partial charge in [-0.2, -0.15) is 5.26 Å². The molecule has 0 spiro atoms. The van der Waals surface area contributed by atoms with E-state index in [1.807, 2.05) is 41.1 Å². The van der Waals surface area contributed by atoms with Gasteiger partial charge in [0, 0.05) is 49.6 Å². The Balaban J connectivity index is 1.45. The molecule has 2 atom stereocenters. The normalized spacial score (nSPS) is 20.7. The van der Waals surface area contributed by atoms with Gasteiger partial charge < -0.3 is 4.57 Å². The Labute approximate surface area is 169 Å². The third-order valence-electron chi connectivity index (χ3n) is 6.09. The van der Waals surface area contributed by atoms with Crippen LogP contribution in [0.4, 0.5) is 0 Å². The summed E-state index contributed by atoms with van der Waals surface area (Å²) >= 11 is 0. The van der Waals surface area contributed by atoms with Crippen molar-refractivity contribution in [3.05, 3.63) is 88.1 Å². The number of nitriles is 1. The molecule has 144 valence electrons. The highest BCUT2D eigenvalue weighted by atomic mass is 16.1. The molecular weight excluding hydrogens is 360 g/mol. The molecule has 2 aliphatic rings. The fourth-order valence-corrected chi connectivity index (χ4v) is 4.87. The fraction of sp³-hybridized carbons (Fsp3) is 0.292. The van der Waals surface area contributed by atoms with Crippen LogP contribution >= 0.6 is 0 Å². The second-order valence-corrected chi connectivity index (χ2v) is 8.09. The Hall–Kier alpha value is -3.23. The molecule has 4 heterocycles. The third-order valence-corrected chi connectivity index (χ3v) is 6.09. The summed E-state index contributed by atoms with van der Waals surface area (Å²) in [7, 11) is 0. The van der Waals surface area contributed by atoms with E-state index in [-0.39, 0.29) is 5.56 Å². The van der Waals surface area contributed by atoms with Crippen LogP contribution in [0.25, 0.3) is 11.1 Å². The summed E-state index contributed by atoms with van der Waals surface area (Å²) in [4.78, 5) is 20.2. The smallest absolute Gasteiger partial charge is 0.258 e. The molecule has 0 amide bonds. The number of likely N-dealkylation sites (tertiary alicyclic amines) is 1. The minimum Gasteiger partial charge on any atom is -0.311 e. The van der Waals surface area contributed by atoms with Gasteiger partial charge in [-0.25, -0.2) is 0 Å². The van der Waals surface area contributed by atoms with Gasteiger partial charge in [0.05, 0.1) is 17.3 Å². The molecule has 2 bridgehead atoms. The lowest BCUT2D eigenvalue weighted by molar-refractivity contribution is 0.113. The number of fused-ring (bicyclic) bond motifs is 4. The van der Waals surface area contributed by atoms with E-state index in [9.17, 15) is 4.79 Å². The molecule has 1 saturated heterocycles. The summed E-state index contributed by atoms with van der Waals surface area (Å²) in [5.74, 6) is 0.849. The molecule has 5 nitrogen and oxygen atoms in total. The van der Waals surface area contributed by atoms with E-state index in [0.717, 1.165) is 49.6 Å². The van der Waals surface area contributed by atoms with Crippen LogP contribution in [0.2, 0.25) is 0 Å². The first-order valence-electron chi connectivity index (χ1n) is 10.1. The van der Waals surface area contributed by atoms with E-state index >= 15 is 0 Å². The summed E-state index contributed by atoms with van der Waals surface area (Å²) < 4.78 is 1.98. The van der Waals surface area contributed by atoms with Crippen LogP contribution in [0.5, 0.6) is 0 Å². The van der Waals surface area contributed by atoms with Gasteiger partial charge in [-0.1, -0.05) is 18.2 Å². The molecule has 29 heavy (non-hydrogen) atoms. The lowest BCUT2D eigenvalue weighted by Gasteiger charge is -2.42. The van der Waals surface area contributed by atoms with Gasteiger partial charge in [0.25, 0.3) is 5.56 Å². The predicted octanol–water partition coefficient (Wildman–Crippen LogP) is 3.40. The SMILES string of the molecule is N#Cc1cccc(-c2ccc3n(c2=O)CC2CC3CN(Cc3ccccn3)C2)c1. The molecule has 2 aliphatic heterocycles. The van der Waals surface area contributed by atoms with Crippen molar-refractivity contribution in [2.75, 3.05) is 13.1 Å². The summed E-state index contributed by atoms with van der Waals surface area (Å²) in [5, 5.41) is 9.17. The molecule has 0 aliphatic carbocycles. The van der Waals surface area contributed by atoms with Gasteiger partial charge in [0.15, 0.2) is 0 Å². The molecule has 2 unspecified atom stereocenters. The van der Waals surface area contributed by atoms with E-state index in [0.29, 0.717) is 23.0 Å². The zero-order valence-electron chi connectivity index (χ0n) is 16.2. The molecule has 1 aromatic carbocycles. The summed E-state index contributed by atoms with van der Waals surface area (Å²) in [6.07, 6.45) is 2.99. The van der Waals surface area contributed by atoms with E-state index in [4.69, 9.17) is 5.26 Å². The number of pyridine rings is 2. The van der Waals surface area contributed by atoms with Crippen LogP contribution < -0.4 is 5.56 Å². The highest BCUT2D eigenvalue weighted by Crippen LogP contribution is 2.36. The molecule has 1 fully saturated rings. The van der Waals surface area contributed by atoms with Crippen LogP contribution in [0.3, 0.4) is 0 Å². The minimum atomic E-state index is 0.0606. The number of aromatic nitrogens is 2. The number of benzene rings is 1. The van der Waals surface area contributed by atoms with Crippen molar-refractivity contribution in [3.63, 3.8) is 0 Å². The number of hydrogen-bond donors (Lipinski definition) is 0. The molecule has 5 rings (SSSR count). The first kappa shape index (κ1) is 17.8. The first-order valence-corrected chi connectivity index (χ1v) is 10.1. The molecule has 3 aromatic rings. The highest BCUT2D eigenvalue weighted by Gasteiger charge is 2.35. The van der Waals surface area contributed by atoms with Gasteiger partial charge in [-0.3, -0.25) is 14.7 Å². The van der Waals surface area contributed by atoms with Crippen LogP contribution in [-0.2, 0) is 13.1 Å². The Morgan fingerprint density at radius 2 is 2.00 bits per heavy atom. The third kappa shape index (κ3) is 3.37. The topological polar surface area (TPSA) is 61.9 Å². The number of rotatable bonds is 3. The molecule has 5 heteroatoms. The van der Waals surface area contributed by atoms with Crippen LogP contribution in [-0.4, -0.2) is 27.5 Å².